The Bertz CT molecular complexity index is 1070. The van der Waals surface area contributed by atoms with E-state index in [1.54, 1.807) is 6.20 Å². The summed E-state index contributed by atoms with van der Waals surface area (Å²) in [5.41, 5.74) is 4.63. The van der Waals surface area contributed by atoms with Crippen LogP contribution in [0.1, 0.15) is 17.8 Å². The maximum atomic E-state index is 11.7. The number of H-pyrrole nitrogens is 1. The Morgan fingerprint density at radius 2 is 2.14 bits per heavy atom. The summed E-state index contributed by atoms with van der Waals surface area (Å²) in [5.74, 6) is 0.821. The van der Waals surface area contributed by atoms with Crippen molar-refractivity contribution in [3.05, 3.63) is 57.2 Å². The first kappa shape index (κ1) is 18.6. The van der Waals surface area contributed by atoms with Crippen LogP contribution in [0.15, 0.2) is 35.3 Å². The molecular weight excluding hydrogens is 378 g/mol. The molecule has 1 fully saturated rings. The van der Waals surface area contributed by atoms with Crippen LogP contribution < -0.4 is 15.2 Å². The van der Waals surface area contributed by atoms with Crippen LogP contribution in [-0.4, -0.2) is 39.2 Å². The summed E-state index contributed by atoms with van der Waals surface area (Å²) in [7, 11) is 1.95. The molecule has 1 saturated heterocycles. The average molecular weight is 400 g/mol. The number of benzene rings is 1. The topological polar surface area (TPSA) is 76.0 Å². The SMILES string of the molecule is Cc1nn(C)c(C)c1-c1cccc(O[C@@H]2CCN(c3cn[nH]c(=O)c3Cl)C2)c1. The third-order valence-corrected chi connectivity index (χ3v) is 5.56. The van der Waals surface area contributed by atoms with Gasteiger partial charge in [0.05, 0.1) is 24.1 Å². The lowest BCUT2D eigenvalue weighted by Crippen LogP contribution is -2.26. The highest BCUT2D eigenvalue weighted by Crippen LogP contribution is 2.31. The van der Waals surface area contributed by atoms with Crippen molar-refractivity contribution in [3.63, 3.8) is 0 Å². The molecule has 0 unspecified atom stereocenters. The predicted molar refractivity (Wildman–Crippen MR) is 109 cm³/mol. The van der Waals surface area contributed by atoms with E-state index in [-0.39, 0.29) is 16.7 Å². The molecular formula is C20H22ClN5O2. The summed E-state index contributed by atoms with van der Waals surface area (Å²) in [5, 5.41) is 10.9. The van der Waals surface area contributed by atoms with Gasteiger partial charge in [-0.25, -0.2) is 5.10 Å². The van der Waals surface area contributed by atoms with Gasteiger partial charge in [-0.15, -0.1) is 0 Å². The Morgan fingerprint density at radius 1 is 1.32 bits per heavy atom. The standard InChI is InChI=1S/C20H22ClN5O2/c1-12-18(13(2)25(3)24-12)14-5-4-6-15(9-14)28-16-7-8-26(11-16)17-10-22-23-20(27)19(17)21/h4-6,9-10,16H,7-8,11H2,1-3H3,(H,23,27)/t16-/m1/s1. The summed E-state index contributed by atoms with van der Waals surface area (Å²) in [6.07, 6.45) is 2.45. The van der Waals surface area contributed by atoms with Crippen LogP contribution in [0, 0.1) is 13.8 Å². The number of aromatic amines is 1. The zero-order chi connectivity index (χ0) is 19.8. The molecule has 3 aromatic rings. The molecule has 0 bridgehead atoms. The van der Waals surface area contributed by atoms with Crippen LogP contribution in [0.2, 0.25) is 5.02 Å². The molecule has 1 N–H and O–H groups in total. The zero-order valence-electron chi connectivity index (χ0n) is 16.1. The number of aryl methyl sites for hydroxylation is 2. The lowest BCUT2D eigenvalue weighted by atomic mass is 10.0. The molecule has 146 valence electrons. The number of anilines is 1. The molecule has 1 aromatic carbocycles. The summed E-state index contributed by atoms with van der Waals surface area (Å²) >= 11 is 6.13. The fourth-order valence-electron chi connectivity index (χ4n) is 3.75. The highest BCUT2D eigenvalue weighted by Gasteiger charge is 2.26. The van der Waals surface area contributed by atoms with Gasteiger partial charge in [-0.1, -0.05) is 23.7 Å². The zero-order valence-corrected chi connectivity index (χ0v) is 16.8. The van der Waals surface area contributed by atoms with E-state index in [0.717, 1.165) is 41.2 Å². The van der Waals surface area contributed by atoms with E-state index in [1.165, 1.54) is 0 Å². The summed E-state index contributed by atoms with van der Waals surface area (Å²) < 4.78 is 8.12. The van der Waals surface area contributed by atoms with Crippen LogP contribution in [0.25, 0.3) is 11.1 Å². The molecule has 4 rings (SSSR count). The van der Waals surface area contributed by atoms with Crippen molar-refractivity contribution in [3.8, 4) is 16.9 Å². The van der Waals surface area contributed by atoms with Gasteiger partial charge in [0.2, 0.25) is 0 Å². The first-order valence-electron chi connectivity index (χ1n) is 9.19. The molecule has 0 saturated carbocycles. The van der Waals surface area contributed by atoms with Crippen molar-refractivity contribution in [2.24, 2.45) is 7.05 Å². The smallest absolute Gasteiger partial charge is 0.285 e. The molecule has 0 spiro atoms. The van der Waals surface area contributed by atoms with Gasteiger partial charge in [-0.2, -0.15) is 10.2 Å². The van der Waals surface area contributed by atoms with Crippen LogP contribution >= 0.6 is 11.6 Å². The maximum Gasteiger partial charge on any atom is 0.285 e. The van der Waals surface area contributed by atoms with Crippen LogP contribution in [-0.2, 0) is 7.05 Å². The molecule has 3 heterocycles. The fourth-order valence-corrected chi connectivity index (χ4v) is 3.96. The van der Waals surface area contributed by atoms with Gasteiger partial charge in [-0.3, -0.25) is 9.48 Å². The van der Waals surface area contributed by atoms with Crippen molar-refractivity contribution in [2.45, 2.75) is 26.4 Å². The molecule has 1 aliphatic rings. The number of rotatable bonds is 4. The maximum absolute atomic E-state index is 11.7. The van der Waals surface area contributed by atoms with Crippen LogP contribution in [0.3, 0.4) is 0 Å². The first-order chi connectivity index (χ1) is 13.4. The van der Waals surface area contributed by atoms with Crippen molar-refractivity contribution in [2.75, 3.05) is 18.0 Å². The molecule has 8 heteroatoms. The number of hydrogen-bond donors (Lipinski definition) is 1. The monoisotopic (exact) mass is 399 g/mol. The minimum atomic E-state index is -0.376. The lowest BCUT2D eigenvalue weighted by molar-refractivity contribution is 0.225. The second kappa shape index (κ2) is 7.31. The van der Waals surface area contributed by atoms with Gasteiger partial charge in [0.1, 0.15) is 16.9 Å². The molecule has 0 aliphatic carbocycles. The number of hydrogen-bond acceptors (Lipinski definition) is 5. The molecule has 1 aliphatic heterocycles. The van der Waals surface area contributed by atoms with E-state index < -0.39 is 0 Å². The number of nitrogens with one attached hydrogen (secondary N) is 1. The average Bonchev–Trinajstić information content (AvgIpc) is 3.22. The molecule has 28 heavy (non-hydrogen) atoms. The van der Waals surface area contributed by atoms with Gasteiger partial charge in [0.25, 0.3) is 5.56 Å². The highest BCUT2D eigenvalue weighted by molar-refractivity contribution is 6.33. The van der Waals surface area contributed by atoms with E-state index >= 15 is 0 Å². The Labute approximate surface area is 167 Å². The fraction of sp³-hybridized carbons (Fsp3) is 0.350. The molecule has 1 atom stereocenters. The largest absolute Gasteiger partial charge is 0.488 e. The Balaban J connectivity index is 1.51. The van der Waals surface area contributed by atoms with Crippen molar-refractivity contribution >= 4 is 17.3 Å². The van der Waals surface area contributed by atoms with Gasteiger partial charge in [0.15, 0.2) is 0 Å². The number of ether oxygens (including phenoxy) is 1. The van der Waals surface area contributed by atoms with Gasteiger partial charge in [-0.05, 0) is 31.5 Å². The van der Waals surface area contributed by atoms with Crippen molar-refractivity contribution < 1.29 is 4.74 Å². The van der Waals surface area contributed by atoms with E-state index in [2.05, 4.69) is 34.4 Å². The van der Waals surface area contributed by atoms with E-state index in [9.17, 15) is 4.79 Å². The Kier molecular flexibility index (Phi) is 4.85. The second-order valence-electron chi connectivity index (χ2n) is 7.07. The van der Waals surface area contributed by atoms with E-state index in [1.807, 2.05) is 35.7 Å². The van der Waals surface area contributed by atoms with E-state index in [4.69, 9.17) is 16.3 Å². The third-order valence-electron chi connectivity index (χ3n) is 5.20. The molecule has 0 radical (unpaired) electrons. The minimum absolute atomic E-state index is 0.0155. The lowest BCUT2D eigenvalue weighted by Gasteiger charge is -2.19. The Hall–Kier alpha value is -2.80. The molecule has 2 aromatic heterocycles. The second-order valence-corrected chi connectivity index (χ2v) is 7.45. The van der Waals surface area contributed by atoms with Gasteiger partial charge < -0.3 is 9.64 Å². The summed E-state index contributed by atoms with van der Waals surface area (Å²) in [4.78, 5) is 13.7. The van der Waals surface area contributed by atoms with Crippen LogP contribution in [0.4, 0.5) is 5.69 Å². The minimum Gasteiger partial charge on any atom is -0.488 e. The number of aromatic nitrogens is 4. The van der Waals surface area contributed by atoms with Gasteiger partial charge in [0, 0.05) is 31.3 Å². The van der Waals surface area contributed by atoms with Crippen molar-refractivity contribution in [1.82, 2.24) is 20.0 Å². The summed E-state index contributed by atoms with van der Waals surface area (Å²) in [6.45, 7) is 5.50. The van der Waals surface area contributed by atoms with E-state index in [0.29, 0.717) is 12.2 Å². The van der Waals surface area contributed by atoms with Crippen molar-refractivity contribution in [1.29, 1.82) is 0 Å². The Morgan fingerprint density at radius 3 is 2.89 bits per heavy atom. The number of nitrogens with zero attached hydrogens (tertiary/aromatic N) is 4. The third kappa shape index (κ3) is 3.38. The highest BCUT2D eigenvalue weighted by atomic mass is 35.5. The number of halogens is 1. The summed E-state index contributed by atoms with van der Waals surface area (Å²) in [6, 6.07) is 8.10. The predicted octanol–water partition coefficient (Wildman–Crippen LogP) is 3.10. The van der Waals surface area contributed by atoms with Gasteiger partial charge >= 0.3 is 0 Å². The normalized spacial score (nSPS) is 16.6. The van der Waals surface area contributed by atoms with Crippen LogP contribution in [0.5, 0.6) is 5.75 Å². The quantitative estimate of drug-likeness (QED) is 0.729. The molecule has 7 nitrogen and oxygen atoms in total. The first-order valence-corrected chi connectivity index (χ1v) is 9.57. The molecule has 0 amide bonds.